The van der Waals surface area contributed by atoms with Gasteiger partial charge in [-0.3, -0.25) is 10.2 Å². The molecule has 2 aliphatic heterocycles. The number of carbonyl (C=O) groups is 2. The molecule has 1 fully saturated rings. The van der Waals surface area contributed by atoms with Crippen LogP contribution >= 0.6 is 11.8 Å². The number of fused-ring (bicyclic) bond motifs is 1. The van der Waals surface area contributed by atoms with E-state index in [1.165, 1.54) is 20.4 Å². The molecule has 0 radical (unpaired) electrons. The summed E-state index contributed by atoms with van der Waals surface area (Å²) < 4.78 is 16.1. The molecule has 2 N–H and O–H groups in total. The van der Waals surface area contributed by atoms with E-state index in [9.17, 15) is 14.9 Å². The van der Waals surface area contributed by atoms with E-state index in [1.807, 2.05) is 19.2 Å². The number of amides is 3. The topological polar surface area (TPSA) is 142 Å². The van der Waals surface area contributed by atoms with Crippen LogP contribution in [-0.4, -0.2) is 79.0 Å². The summed E-state index contributed by atoms with van der Waals surface area (Å²) in [6.07, 6.45) is 3.77. The molecule has 13 heteroatoms. The molecule has 3 amide bonds. The molecule has 0 aliphatic carbocycles. The lowest BCUT2D eigenvalue weighted by molar-refractivity contribution is -0.109. The van der Waals surface area contributed by atoms with E-state index in [4.69, 9.17) is 19.2 Å². The molecule has 4 rings (SSSR count). The monoisotopic (exact) mass is 555 g/mol. The highest BCUT2D eigenvalue weighted by molar-refractivity contribution is 7.98. The van der Waals surface area contributed by atoms with Crippen LogP contribution in [0.2, 0.25) is 0 Å². The summed E-state index contributed by atoms with van der Waals surface area (Å²) in [6.45, 7) is 3.61. The maximum atomic E-state index is 13.5. The third-order valence-corrected chi connectivity index (χ3v) is 7.29. The number of anilines is 3. The molecule has 0 bridgehead atoms. The predicted molar refractivity (Wildman–Crippen MR) is 148 cm³/mol. The molecule has 0 unspecified atom stereocenters. The molecular formula is C26H33N7O5S. The van der Waals surface area contributed by atoms with Crippen molar-refractivity contribution in [3.8, 4) is 6.07 Å². The zero-order valence-corrected chi connectivity index (χ0v) is 23.3. The van der Waals surface area contributed by atoms with Crippen molar-refractivity contribution in [1.82, 2.24) is 14.9 Å². The molecule has 2 aromatic rings. The van der Waals surface area contributed by atoms with Crippen molar-refractivity contribution in [2.45, 2.75) is 38.6 Å². The number of aryl methyl sites for hydroxylation is 1. The molecule has 2 aliphatic rings. The quantitative estimate of drug-likeness (QED) is 0.416. The van der Waals surface area contributed by atoms with Crippen molar-refractivity contribution in [1.29, 1.82) is 5.26 Å². The van der Waals surface area contributed by atoms with Crippen LogP contribution in [0, 0.1) is 11.3 Å². The lowest BCUT2D eigenvalue weighted by Crippen LogP contribution is -2.40. The number of nitrogens with zero attached hydrogens (tertiary/aromatic N) is 5. The number of ether oxygens (including phenoxy) is 3. The minimum absolute atomic E-state index is 0.126. The summed E-state index contributed by atoms with van der Waals surface area (Å²) in [7, 11) is 3.02. The van der Waals surface area contributed by atoms with Crippen molar-refractivity contribution < 1.29 is 23.8 Å². The Morgan fingerprint density at radius 1 is 1.31 bits per heavy atom. The molecule has 0 spiro atoms. The molecule has 2 aromatic heterocycles. The Bertz CT molecular complexity index is 1250. The van der Waals surface area contributed by atoms with Crippen molar-refractivity contribution in [3.05, 3.63) is 40.7 Å². The summed E-state index contributed by atoms with van der Waals surface area (Å²) in [5, 5.41) is 15.7. The van der Waals surface area contributed by atoms with Crippen LogP contribution in [0.1, 0.15) is 42.0 Å². The number of carbonyl (C=O) groups excluding carboxylic acids is 2. The van der Waals surface area contributed by atoms with E-state index < -0.39 is 12.3 Å². The average Bonchev–Trinajstić information content (AvgIpc) is 3.33. The Labute approximate surface area is 232 Å². The minimum atomic E-state index is -0.784. The Hall–Kier alpha value is -3.60. The van der Waals surface area contributed by atoms with Crippen LogP contribution in [0.3, 0.4) is 0 Å². The second-order valence-corrected chi connectivity index (χ2v) is 10.2. The van der Waals surface area contributed by atoms with Gasteiger partial charge < -0.3 is 24.4 Å². The van der Waals surface area contributed by atoms with Gasteiger partial charge in [0.1, 0.15) is 30.0 Å². The number of thioether (sulfide) groups is 1. The number of methoxy groups -OCH3 is 2. The predicted octanol–water partition coefficient (Wildman–Crippen LogP) is 3.74. The van der Waals surface area contributed by atoms with E-state index in [2.05, 4.69) is 21.7 Å². The van der Waals surface area contributed by atoms with Crippen LogP contribution in [-0.2, 0) is 27.2 Å². The highest BCUT2D eigenvalue weighted by Gasteiger charge is 2.30. The first-order valence-electron chi connectivity index (χ1n) is 12.6. The van der Waals surface area contributed by atoms with Gasteiger partial charge in [-0.2, -0.15) is 17.0 Å². The van der Waals surface area contributed by atoms with Gasteiger partial charge in [0.05, 0.1) is 24.3 Å². The number of nitrogens with one attached hydrogen (secondary N) is 2. The SMILES string of the molecule is COC(OC)c1nc2c(cc1CN1CCOC1=O)CCCN2C(=O)Nc1cc(N[C@H](C)CSC)c(C#N)cn1. The number of hydrogen-bond acceptors (Lipinski definition) is 10. The molecule has 208 valence electrons. The number of cyclic esters (lactones) is 1. The summed E-state index contributed by atoms with van der Waals surface area (Å²) in [5.74, 6) is 1.68. The zero-order valence-electron chi connectivity index (χ0n) is 22.5. The number of nitriles is 1. The Morgan fingerprint density at radius 2 is 2.10 bits per heavy atom. The van der Waals surface area contributed by atoms with Gasteiger partial charge in [-0.1, -0.05) is 0 Å². The van der Waals surface area contributed by atoms with Crippen LogP contribution in [0.5, 0.6) is 0 Å². The van der Waals surface area contributed by atoms with Gasteiger partial charge in [0.2, 0.25) is 6.29 Å². The van der Waals surface area contributed by atoms with E-state index in [0.717, 1.165) is 29.7 Å². The maximum absolute atomic E-state index is 13.5. The summed E-state index contributed by atoms with van der Waals surface area (Å²) >= 11 is 1.70. The van der Waals surface area contributed by atoms with Gasteiger partial charge in [0.25, 0.3) is 0 Å². The van der Waals surface area contributed by atoms with Crippen LogP contribution in [0.15, 0.2) is 18.3 Å². The molecule has 0 aromatic carbocycles. The van der Waals surface area contributed by atoms with Crippen molar-refractivity contribution in [3.63, 3.8) is 0 Å². The number of rotatable bonds is 10. The van der Waals surface area contributed by atoms with E-state index in [1.54, 1.807) is 27.6 Å². The molecule has 1 saturated heterocycles. The molecule has 0 saturated carbocycles. The Balaban J connectivity index is 1.61. The zero-order chi connectivity index (χ0) is 27.9. The fourth-order valence-corrected chi connectivity index (χ4v) is 5.23. The third-order valence-electron chi connectivity index (χ3n) is 6.46. The Kier molecular flexibility index (Phi) is 9.45. The molecule has 4 heterocycles. The first-order chi connectivity index (χ1) is 18.9. The lowest BCUT2D eigenvalue weighted by atomic mass is 10.0. The average molecular weight is 556 g/mol. The van der Waals surface area contributed by atoms with E-state index in [0.29, 0.717) is 54.8 Å². The van der Waals surface area contributed by atoms with Gasteiger partial charge in [-0.25, -0.2) is 19.6 Å². The van der Waals surface area contributed by atoms with Crippen molar-refractivity contribution in [2.24, 2.45) is 0 Å². The van der Waals surface area contributed by atoms with Gasteiger partial charge in [-0.05, 0) is 43.2 Å². The molecular weight excluding hydrogens is 522 g/mol. The standard InChI is InChI=1S/C26H33N7O5S/c1-16(15-39-4)29-20-11-21(28-13-19(20)12-27)30-25(34)33-7-5-6-17-10-18(14-32-8-9-38-26(32)35)22(31-23(17)33)24(36-2)37-3/h10-11,13,16,24H,5-9,14-15H2,1-4H3,(H2,28,29,30,34)/t16-/m1/s1. The van der Waals surface area contributed by atoms with Gasteiger partial charge in [0.15, 0.2) is 0 Å². The van der Waals surface area contributed by atoms with Crippen molar-refractivity contribution in [2.75, 3.05) is 61.5 Å². The van der Waals surface area contributed by atoms with E-state index in [-0.39, 0.29) is 12.1 Å². The largest absolute Gasteiger partial charge is 0.448 e. The van der Waals surface area contributed by atoms with Crippen LogP contribution in [0.25, 0.3) is 0 Å². The number of urea groups is 1. The van der Waals surface area contributed by atoms with Gasteiger partial charge in [-0.15, -0.1) is 0 Å². The minimum Gasteiger partial charge on any atom is -0.448 e. The van der Waals surface area contributed by atoms with Gasteiger partial charge >= 0.3 is 12.1 Å². The van der Waals surface area contributed by atoms with Crippen molar-refractivity contribution >= 4 is 41.2 Å². The number of pyridine rings is 2. The van der Waals surface area contributed by atoms with Crippen LogP contribution in [0.4, 0.5) is 26.9 Å². The normalized spacial score (nSPS) is 15.5. The fraction of sp³-hybridized carbons (Fsp3) is 0.500. The molecule has 39 heavy (non-hydrogen) atoms. The molecule has 1 atom stereocenters. The Morgan fingerprint density at radius 3 is 2.77 bits per heavy atom. The summed E-state index contributed by atoms with van der Waals surface area (Å²) in [5.41, 5.74) is 3.15. The smallest absolute Gasteiger partial charge is 0.410 e. The third kappa shape index (κ3) is 6.52. The second-order valence-electron chi connectivity index (χ2n) is 9.27. The first-order valence-corrected chi connectivity index (χ1v) is 14.0. The van der Waals surface area contributed by atoms with Gasteiger partial charge in [0, 0.05) is 44.8 Å². The number of aromatic nitrogens is 2. The summed E-state index contributed by atoms with van der Waals surface area (Å²) in [6, 6.07) is 5.50. The van der Waals surface area contributed by atoms with Crippen LogP contribution < -0.4 is 15.5 Å². The summed E-state index contributed by atoms with van der Waals surface area (Å²) in [4.78, 5) is 37.8. The lowest BCUT2D eigenvalue weighted by Gasteiger charge is -2.31. The fourth-order valence-electron chi connectivity index (χ4n) is 4.65. The highest BCUT2D eigenvalue weighted by atomic mass is 32.2. The first kappa shape index (κ1) is 28.4. The molecule has 12 nitrogen and oxygen atoms in total. The number of hydrogen-bond donors (Lipinski definition) is 2. The van der Waals surface area contributed by atoms with E-state index >= 15 is 0 Å². The maximum Gasteiger partial charge on any atom is 0.410 e. The second kappa shape index (κ2) is 13.0. The highest BCUT2D eigenvalue weighted by Crippen LogP contribution is 2.32.